The van der Waals surface area contributed by atoms with Crippen LogP contribution in [0.25, 0.3) is 5.53 Å². The summed E-state index contributed by atoms with van der Waals surface area (Å²) >= 11 is 9.53. The molecule has 0 radical (unpaired) electrons. The largest absolute Gasteiger partial charge is 0.466 e. The van der Waals surface area contributed by atoms with Crippen molar-refractivity contribution < 1.29 is 47.8 Å². The van der Waals surface area contributed by atoms with Gasteiger partial charge in [-0.15, -0.1) is 23.2 Å². The van der Waals surface area contributed by atoms with Gasteiger partial charge in [0.05, 0.1) is 50.0 Å². The molecule has 0 bridgehead atoms. The average molecular weight is 757 g/mol. The Labute approximate surface area is 310 Å². The van der Waals surface area contributed by atoms with Crippen LogP contribution in [0.3, 0.4) is 0 Å². The number of rotatable bonds is 11. The van der Waals surface area contributed by atoms with Gasteiger partial charge in [-0.25, -0.2) is 0 Å². The smallest absolute Gasteiger partial charge is 0.344 e. The van der Waals surface area contributed by atoms with Crippen LogP contribution >= 0.6 is 23.2 Å². The van der Waals surface area contributed by atoms with Crippen molar-refractivity contribution in [3.63, 3.8) is 0 Å². The number of carbonyl (C=O) groups excluding carboxylic acids is 6. The normalized spacial score (nSPS) is 16.0. The minimum Gasteiger partial charge on any atom is -0.466 e. The lowest BCUT2D eigenvalue weighted by Gasteiger charge is -2.48. The number of alkyl halides is 2. The van der Waals surface area contributed by atoms with Gasteiger partial charge >= 0.3 is 30.0 Å². The van der Waals surface area contributed by atoms with Gasteiger partial charge in [0.25, 0.3) is 0 Å². The van der Waals surface area contributed by atoms with E-state index in [4.69, 9.17) is 42.9 Å². The third-order valence-electron chi connectivity index (χ3n) is 6.78. The van der Waals surface area contributed by atoms with Gasteiger partial charge in [0.15, 0.2) is 0 Å². The number of likely N-dealkylation sites (tertiary alicyclic amines) is 2. The monoisotopic (exact) mass is 755 g/mol. The van der Waals surface area contributed by atoms with Crippen LogP contribution in [0.4, 0.5) is 0 Å². The van der Waals surface area contributed by atoms with E-state index in [0.717, 1.165) is 6.21 Å². The molecule has 0 N–H and O–H groups in total. The molecule has 2 unspecified atom stereocenters. The zero-order valence-corrected chi connectivity index (χ0v) is 31.7. The molecule has 2 aliphatic rings. The van der Waals surface area contributed by atoms with Crippen LogP contribution in [0, 0.1) is 5.92 Å². The van der Waals surface area contributed by atoms with Crippen molar-refractivity contribution in [1.82, 2.24) is 14.7 Å². The SMILES string of the molecule is C.C.CCOC(=O)C1CC(=O)N(C(C)(C)C)C1.CCOC(=O)CC1CC(=O)N1C(C)(C)C.CCOC(=O)CCN(CC)C(=O)C=[N+]=[N-].ClCCl. The molecule has 3 amide bonds. The van der Waals surface area contributed by atoms with E-state index in [9.17, 15) is 28.8 Å². The van der Waals surface area contributed by atoms with Gasteiger partial charge in [0.2, 0.25) is 11.8 Å². The third kappa shape index (κ3) is 21.1. The Morgan fingerprint density at radius 1 is 0.860 bits per heavy atom. The Balaban J connectivity index is -0.000000299. The first-order chi connectivity index (χ1) is 22.3. The maximum atomic E-state index is 11.7. The first-order valence-corrected chi connectivity index (χ1v) is 17.0. The van der Waals surface area contributed by atoms with Gasteiger partial charge in [-0.2, -0.15) is 4.79 Å². The van der Waals surface area contributed by atoms with Gasteiger partial charge in [-0.1, -0.05) is 14.9 Å². The minimum absolute atomic E-state index is 0. The molecule has 0 spiro atoms. The van der Waals surface area contributed by atoms with Crippen molar-refractivity contribution in [2.45, 2.75) is 127 Å². The van der Waals surface area contributed by atoms with Gasteiger partial charge in [-0.05, 0) is 69.2 Å². The van der Waals surface area contributed by atoms with E-state index in [1.807, 2.05) is 41.5 Å². The highest BCUT2D eigenvalue weighted by Gasteiger charge is 2.43. The van der Waals surface area contributed by atoms with Gasteiger partial charge < -0.3 is 34.4 Å². The lowest BCUT2D eigenvalue weighted by Crippen LogP contribution is -2.61. The summed E-state index contributed by atoms with van der Waals surface area (Å²) in [6.07, 6.45) is 2.02. The molecule has 0 aromatic heterocycles. The fourth-order valence-corrected chi connectivity index (χ4v) is 4.77. The standard InChI is InChI=1S/2C11H19NO3.C9H15N3O3.CH2Cl2.2CH4/c1-5-15-10(14)8-6-9(13)12(7-8)11(2,3)4;1-5-15-10(14)7-8-6-9(13)12(8)11(2,3)4;1-3-12(8(13)7-11-10)6-5-9(14)15-4-2;2-1-3;;/h2*8H,5-7H2,1-4H3;7H,3-6H2,1-2H3;1H2;2*1H4. The van der Waals surface area contributed by atoms with Gasteiger partial charge in [-0.3, -0.25) is 28.8 Å². The molecule has 292 valence electrons. The first-order valence-electron chi connectivity index (χ1n) is 16.0. The number of β-lactam (4-membered cyclic amide) rings is 1. The second-order valence-corrected chi connectivity index (χ2v) is 13.3. The summed E-state index contributed by atoms with van der Waals surface area (Å²) in [5.74, 6) is -1.36. The molecule has 16 heteroatoms. The topological polar surface area (TPSA) is 176 Å². The second-order valence-electron chi connectivity index (χ2n) is 12.4. The maximum absolute atomic E-state index is 11.7. The fraction of sp³-hybridized carbons (Fsp3) is 0.794. The summed E-state index contributed by atoms with van der Waals surface area (Å²) in [4.78, 5) is 75.5. The summed E-state index contributed by atoms with van der Waals surface area (Å²) in [5, 5.41) is 0.194. The first kappa shape index (κ1) is 53.6. The molecule has 2 fully saturated rings. The zero-order chi connectivity index (χ0) is 37.7. The summed E-state index contributed by atoms with van der Waals surface area (Å²) < 4.78 is 14.5. The van der Waals surface area contributed by atoms with Crippen molar-refractivity contribution in [3.8, 4) is 0 Å². The molecule has 2 aliphatic heterocycles. The van der Waals surface area contributed by atoms with E-state index in [-0.39, 0.29) is 92.3 Å². The molecule has 0 aromatic rings. The Bertz CT molecular complexity index is 1090. The number of halogens is 2. The molecule has 50 heavy (non-hydrogen) atoms. The number of amides is 3. The van der Waals surface area contributed by atoms with Crippen molar-refractivity contribution in [2.75, 3.05) is 44.8 Å². The van der Waals surface area contributed by atoms with E-state index in [2.05, 4.69) is 4.79 Å². The Kier molecular flexibility index (Phi) is 29.5. The van der Waals surface area contributed by atoms with Crippen LogP contribution in [0.5, 0.6) is 0 Å². The molecule has 0 saturated carbocycles. The predicted molar refractivity (Wildman–Crippen MR) is 196 cm³/mol. The highest BCUT2D eigenvalue weighted by atomic mass is 35.5. The van der Waals surface area contributed by atoms with Crippen LogP contribution in [0.1, 0.15) is 110 Å². The zero-order valence-electron chi connectivity index (χ0n) is 30.2. The number of esters is 3. The lowest BCUT2D eigenvalue weighted by atomic mass is 9.90. The number of hydrogen-bond acceptors (Lipinski definition) is 9. The average Bonchev–Trinajstić information content (AvgIpc) is 3.36. The number of hydrogen-bond donors (Lipinski definition) is 0. The quantitative estimate of drug-likeness (QED) is 0.0514. The van der Waals surface area contributed by atoms with E-state index < -0.39 is 5.91 Å². The molecule has 0 aliphatic carbocycles. The van der Waals surface area contributed by atoms with E-state index >= 15 is 0 Å². The Morgan fingerprint density at radius 3 is 1.74 bits per heavy atom. The van der Waals surface area contributed by atoms with Crippen LogP contribution in [-0.4, -0.2) is 123 Å². The van der Waals surface area contributed by atoms with E-state index in [1.54, 1.807) is 37.5 Å². The lowest BCUT2D eigenvalue weighted by molar-refractivity contribution is -0.160. The maximum Gasteiger partial charge on any atom is 0.344 e. The molecule has 0 aromatic carbocycles. The Morgan fingerprint density at radius 2 is 1.36 bits per heavy atom. The van der Waals surface area contributed by atoms with Crippen LogP contribution in [0.15, 0.2) is 0 Å². The van der Waals surface area contributed by atoms with Crippen molar-refractivity contribution in [2.24, 2.45) is 5.92 Å². The van der Waals surface area contributed by atoms with Crippen molar-refractivity contribution in [1.29, 1.82) is 0 Å². The second kappa shape index (κ2) is 27.5. The molecule has 14 nitrogen and oxygen atoms in total. The summed E-state index contributed by atoms with van der Waals surface area (Å²) in [5.41, 5.74) is 7.76. The molecule has 2 atom stereocenters. The molecule has 2 heterocycles. The van der Waals surface area contributed by atoms with Crippen LogP contribution in [0.2, 0.25) is 0 Å². The number of carbonyl (C=O) groups is 6. The van der Waals surface area contributed by atoms with Gasteiger partial charge in [0.1, 0.15) is 0 Å². The molecule has 2 rings (SSSR count). The molecule has 2 saturated heterocycles. The molecular weight excluding hydrogens is 693 g/mol. The van der Waals surface area contributed by atoms with E-state index in [0.29, 0.717) is 45.8 Å². The van der Waals surface area contributed by atoms with Crippen molar-refractivity contribution in [3.05, 3.63) is 5.53 Å². The third-order valence-corrected chi connectivity index (χ3v) is 6.78. The highest BCUT2D eigenvalue weighted by molar-refractivity contribution is 6.40. The molecular formula is C34H63Cl2N5O9. The van der Waals surface area contributed by atoms with Crippen molar-refractivity contribution >= 4 is 65.0 Å². The summed E-state index contributed by atoms with van der Waals surface area (Å²) in [6, 6.07) is 0.0246. The van der Waals surface area contributed by atoms with Crippen LogP contribution < -0.4 is 0 Å². The minimum atomic E-state index is -0.427. The fourth-order valence-electron chi connectivity index (χ4n) is 4.77. The highest BCUT2D eigenvalue weighted by Crippen LogP contribution is 2.31. The van der Waals surface area contributed by atoms with Gasteiger partial charge in [0, 0.05) is 43.6 Å². The predicted octanol–water partition coefficient (Wildman–Crippen LogP) is 5.32. The number of ether oxygens (including phenoxy) is 3. The summed E-state index contributed by atoms with van der Waals surface area (Å²) in [7, 11) is 0. The van der Waals surface area contributed by atoms with E-state index in [1.165, 1.54) is 4.90 Å². The summed E-state index contributed by atoms with van der Waals surface area (Å²) in [6.45, 7) is 21.2. The Hall–Kier alpha value is -3.22. The van der Waals surface area contributed by atoms with Crippen LogP contribution in [-0.2, 0) is 43.0 Å². The number of nitrogens with zero attached hydrogens (tertiary/aromatic N) is 5.